The zero-order valence-electron chi connectivity index (χ0n) is 21.0. The summed E-state index contributed by atoms with van der Waals surface area (Å²) in [5, 5.41) is 0.501. The molecule has 0 N–H and O–H groups in total. The number of rotatable bonds is 4. The van der Waals surface area contributed by atoms with E-state index in [1.807, 2.05) is 0 Å². The monoisotopic (exact) mass is 543 g/mol. The van der Waals surface area contributed by atoms with Gasteiger partial charge in [-0.1, -0.05) is 48.0 Å². The lowest BCUT2D eigenvalue weighted by Gasteiger charge is -2.27. The summed E-state index contributed by atoms with van der Waals surface area (Å²) in [6, 6.07) is 17.2. The Hall–Kier alpha value is -4.14. The van der Waals surface area contributed by atoms with Crippen molar-refractivity contribution in [2.24, 2.45) is 11.8 Å². The fourth-order valence-corrected chi connectivity index (χ4v) is 6.00. The lowest BCUT2D eigenvalue weighted by molar-refractivity contribution is -0.127. The van der Waals surface area contributed by atoms with Gasteiger partial charge in [-0.2, -0.15) is 0 Å². The van der Waals surface area contributed by atoms with Gasteiger partial charge in [-0.15, -0.1) is 0 Å². The summed E-state index contributed by atoms with van der Waals surface area (Å²) < 4.78 is 11.3. The topological polar surface area (TPSA) is 107 Å². The Morgan fingerprint density at radius 3 is 2.18 bits per heavy atom. The van der Waals surface area contributed by atoms with Gasteiger partial charge in [0, 0.05) is 16.1 Å². The summed E-state index contributed by atoms with van der Waals surface area (Å²) >= 11 is 6.22. The molecule has 0 radical (unpaired) electrons. The summed E-state index contributed by atoms with van der Waals surface area (Å²) in [4.78, 5) is 68.8. The van der Waals surface area contributed by atoms with Gasteiger partial charge in [0.2, 0.25) is 29.0 Å². The number of carbonyl (C=O) groups is 5. The Balaban J connectivity index is 1.48. The number of carbonyl (C=O) groups excluding carboxylic acids is 5. The van der Waals surface area contributed by atoms with Gasteiger partial charge in [0.05, 0.1) is 35.8 Å². The predicted molar refractivity (Wildman–Crippen MR) is 140 cm³/mol. The zero-order chi connectivity index (χ0) is 27.6. The molecule has 2 fully saturated rings. The zero-order valence-corrected chi connectivity index (χ0v) is 21.7. The van der Waals surface area contributed by atoms with Gasteiger partial charge < -0.3 is 9.47 Å². The van der Waals surface area contributed by atoms with E-state index in [1.54, 1.807) is 44.2 Å². The lowest BCUT2D eigenvalue weighted by atomic mass is 9.77. The van der Waals surface area contributed by atoms with E-state index in [1.165, 1.54) is 36.4 Å². The number of Topliss-reactive ketones (excluding diaryl/α,β-unsaturated/α-hetero) is 2. The molecule has 0 saturated carbocycles. The van der Waals surface area contributed by atoms with Crippen molar-refractivity contribution in [2.45, 2.75) is 25.6 Å². The molecule has 2 aliphatic heterocycles. The molecule has 3 aromatic rings. The smallest absolute Gasteiger partial charge is 0.338 e. The quantitative estimate of drug-likeness (QED) is 0.270. The van der Waals surface area contributed by atoms with Crippen LogP contribution in [0, 0.1) is 18.8 Å². The Bertz CT molecular complexity index is 1560. The van der Waals surface area contributed by atoms with Gasteiger partial charge >= 0.3 is 5.97 Å². The van der Waals surface area contributed by atoms with E-state index in [4.69, 9.17) is 21.1 Å². The van der Waals surface area contributed by atoms with E-state index in [2.05, 4.69) is 0 Å². The molecule has 1 aliphatic carbocycles. The van der Waals surface area contributed by atoms with E-state index >= 15 is 0 Å². The van der Waals surface area contributed by atoms with E-state index in [0.29, 0.717) is 16.1 Å². The van der Waals surface area contributed by atoms with Crippen molar-refractivity contribution in [1.82, 2.24) is 0 Å². The molecule has 3 atom stereocenters. The molecular formula is C30H22ClNO7. The molecule has 196 valence electrons. The number of ketones is 2. The fourth-order valence-electron chi connectivity index (χ4n) is 5.88. The van der Waals surface area contributed by atoms with Crippen LogP contribution in [-0.2, 0) is 19.1 Å². The van der Waals surface area contributed by atoms with Gasteiger partial charge in [-0.25, -0.2) is 9.69 Å². The van der Waals surface area contributed by atoms with Crippen molar-refractivity contribution in [1.29, 1.82) is 0 Å². The van der Waals surface area contributed by atoms with Crippen molar-refractivity contribution in [3.63, 3.8) is 0 Å². The molecule has 6 rings (SSSR count). The van der Waals surface area contributed by atoms with Crippen molar-refractivity contribution in [2.75, 3.05) is 11.5 Å². The fraction of sp³-hybridized carbons (Fsp3) is 0.233. The molecule has 0 aromatic heterocycles. The first-order chi connectivity index (χ1) is 18.7. The second-order valence-electron chi connectivity index (χ2n) is 9.77. The highest BCUT2D eigenvalue weighted by Gasteiger charge is 2.74. The number of benzene rings is 3. The number of hydrogen-bond donors (Lipinski definition) is 0. The van der Waals surface area contributed by atoms with E-state index in [0.717, 1.165) is 4.90 Å². The van der Waals surface area contributed by atoms with Crippen LogP contribution in [0.2, 0.25) is 5.02 Å². The van der Waals surface area contributed by atoms with Crippen LogP contribution in [0.1, 0.15) is 55.2 Å². The molecule has 1 spiro atoms. The van der Waals surface area contributed by atoms with Gasteiger partial charge in [-0.05, 0) is 55.3 Å². The minimum atomic E-state index is -2.17. The SMILES string of the molecule is CCOC(=O)c1ccc(N2C(=O)[C@@H]3[C@@H](c4ccc(Cl)c(C)c4)OC4(C(=O)c5ccccc5C4=O)[C@@H]3C2=O)cc1. The van der Waals surface area contributed by atoms with E-state index in [9.17, 15) is 24.0 Å². The predicted octanol–water partition coefficient (Wildman–Crippen LogP) is 4.52. The van der Waals surface area contributed by atoms with Gasteiger partial charge in [0.15, 0.2) is 0 Å². The molecule has 9 heteroatoms. The van der Waals surface area contributed by atoms with Gasteiger partial charge in [-0.3, -0.25) is 19.2 Å². The highest BCUT2D eigenvalue weighted by atomic mass is 35.5. The summed E-state index contributed by atoms with van der Waals surface area (Å²) in [6.45, 7) is 3.67. The van der Waals surface area contributed by atoms with Crippen LogP contribution in [0.25, 0.3) is 0 Å². The van der Waals surface area contributed by atoms with Crippen LogP contribution in [0.5, 0.6) is 0 Å². The molecule has 8 nitrogen and oxygen atoms in total. The second kappa shape index (κ2) is 8.97. The summed E-state index contributed by atoms with van der Waals surface area (Å²) in [7, 11) is 0. The number of anilines is 1. The summed E-state index contributed by atoms with van der Waals surface area (Å²) in [5.41, 5.74) is -0.140. The third kappa shape index (κ3) is 3.45. The van der Waals surface area contributed by atoms with Crippen LogP contribution in [0.15, 0.2) is 66.7 Å². The number of halogens is 1. The number of nitrogens with zero attached hydrogens (tertiary/aromatic N) is 1. The molecule has 2 saturated heterocycles. The molecular weight excluding hydrogens is 522 g/mol. The first kappa shape index (κ1) is 25.2. The van der Waals surface area contributed by atoms with Crippen LogP contribution in [-0.4, -0.2) is 41.6 Å². The number of hydrogen-bond acceptors (Lipinski definition) is 7. The number of amides is 2. The number of fused-ring (bicyclic) bond motifs is 3. The lowest BCUT2D eigenvalue weighted by Crippen LogP contribution is -2.51. The van der Waals surface area contributed by atoms with Crippen molar-refractivity contribution in [3.8, 4) is 0 Å². The maximum atomic E-state index is 14.0. The molecule has 2 heterocycles. The molecule has 3 aliphatic rings. The van der Waals surface area contributed by atoms with Crippen LogP contribution < -0.4 is 4.90 Å². The molecule has 0 unspecified atom stereocenters. The average Bonchev–Trinajstić information content (AvgIpc) is 3.50. The molecule has 2 amide bonds. The van der Waals surface area contributed by atoms with Crippen molar-refractivity contribution < 1.29 is 33.4 Å². The highest BCUT2D eigenvalue weighted by molar-refractivity contribution is 6.37. The summed E-state index contributed by atoms with van der Waals surface area (Å²) in [5.74, 6) is -5.62. The van der Waals surface area contributed by atoms with Crippen LogP contribution >= 0.6 is 11.6 Å². The van der Waals surface area contributed by atoms with Gasteiger partial charge in [0.25, 0.3) is 0 Å². The number of imide groups is 1. The minimum absolute atomic E-state index is 0.159. The first-order valence-corrected chi connectivity index (χ1v) is 12.9. The third-order valence-electron chi connectivity index (χ3n) is 7.67. The second-order valence-corrected chi connectivity index (χ2v) is 10.2. The summed E-state index contributed by atoms with van der Waals surface area (Å²) in [6.07, 6.45) is -1.05. The van der Waals surface area contributed by atoms with Crippen LogP contribution in [0.3, 0.4) is 0 Å². The van der Waals surface area contributed by atoms with E-state index in [-0.39, 0.29) is 29.0 Å². The maximum Gasteiger partial charge on any atom is 0.338 e. The minimum Gasteiger partial charge on any atom is -0.462 e. The van der Waals surface area contributed by atoms with Gasteiger partial charge in [0.1, 0.15) is 0 Å². The Labute approximate surface area is 228 Å². The normalized spacial score (nSPS) is 22.9. The number of esters is 1. The molecule has 0 bridgehead atoms. The van der Waals surface area contributed by atoms with Crippen LogP contribution in [0.4, 0.5) is 5.69 Å². The van der Waals surface area contributed by atoms with Crippen molar-refractivity contribution in [3.05, 3.63) is 99.6 Å². The first-order valence-electron chi connectivity index (χ1n) is 12.5. The Kier molecular flexibility index (Phi) is 5.78. The largest absolute Gasteiger partial charge is 0.462 e. The maximum absolute atomic E-state index is 14.0. The standard InChI is InChI=1S/C30H22ClNO7/c1-3-38-29(37)16-8-11-18(12-9-16)32-27(35)22-23(28(32)36)30(25(33)19-6-4-5-7-20(19)26(30)34)39-24(22)17-10-13-21(31)15(2)14-17/h4-14,22-24H,3H2,1-2H3/t22-,23-,24+/m0/s1. The third-order valence-corrected chi connectivity index (χ3v) is 8.09. The Morgan fingerprint density at radius 1 is 0.949 bits per heavy atom. The molecule has 39 heavy (non-hydrogen) atoms. The number of aryl methyl sites for hydroxylation is 1. The molecule has 3 aromatic carbocycles. The highest BCUT2D eigenvalue weighted by Crippen LogP contribution is 2.57. The number of ether oxygens (including phenoxy) is 2. The van der Waals surface area contributed by atoms with Crippen molar-refractivity contribution >= 4 is 46.6 Å². The average molecular weight is 544 g/mol. The van der Waals surface area contributed by atoms with E-state index < -0.39 is 52.9 Å². The Morgan fingerprint density at radius 2 is 1.59 bits per heavy atom.